The first-order valence-electron chi connectivity index (χ1n) is 6.99. The summed E-state index contributed by atoms with van der Waals surface area (Å²) < 4.78 is 70.6. The molecule has 0 saturated heterocycles. The molecule has 0 aromatic heterocycles. The highest BCUT2D eigenvalue weighted by molar-refractivity contribution is 9.10. The van der Waals surface area contributed by atoms with E-state index >= 15 is 0 Å². The van der Waals surface area contributed by atoms with E-state index in [9.17, 15) is 26.7 Å². The first kappa shape index (κ1) is 20.4. The van der Waals surface area contributed by atoms with Gasteiger partial charge in [0.2, 0.25) is 0 Å². The third kappa shape index (κ3) is 4.45. The summed E-state index contributed by atoms with van der Waals surface area (Å²) in [7, 11) is 0. The van der Waals surface area contributed by atoms with Crippen molar-refractivity contribution in [1.29, 1.82) is 0 Å². The van der Waals surface area contributed by atoms with Crippen molar-refractivity contribution in [2.75, 3.05) is 5.32 Å². The summed E-state index contributed by atoms with van der Waals surface area (Å²) >= 11 is 8.60. The molecule has 0 saturated carbocycles. The van der Waals surface area contributed by atoms with Crippen LogP contribution in [0.3, 0.4) is 0 Å². The van der Waals surface area contributed by atoms with Crippen LogP contribution in [0.2, 0.25) is 5.02 Å². The summed E-state index contributed by atoms with van der Waals surface area (Å²) in [6.07, 6.45) is -7.16. The van der Waals surface area contributed by atoms with Crippen molar-refractivity contribution in [3.05, 3.63) is 57.0 Å². The van der Waals surface area contributed by atoms with E-state index in [1.165, 1.54) is 12.1 Å². The largest absolute Gasteiger partial charge is 0.477 e. The molecule has 0 bridgehead atoms. The fourth-order valence-corrected chi connectivity index (χ4v) is 2.39. The molecular weight excluding hydrogens is 449 g/mol. The number of alkyl halides is 3. The van der Waals surface area contributed by atoms with Crippen LogP contribution in [0.25, 0.3) is 0 Å². The lowest BCUT2D eigenvalue weighted by Gasteiger charge is -2.20. The van der Waals surface area contributed by atoms with Gasteiger partial charge in [-0.15, -0.1) is 0 Å². The third-order valence-electron chi connectivity index (χ3n) is 3.25. The number of nitrogens with one attached hydrogen (secondary N) is 1. The molecule has 3 nitrogen and oxygen atoms in total. The molecule has 0 aliphatic heterocycles. The fraction of sp³-hybridized carbons (Fsp3) is 0.188. The zero-order valence-corrected chi connectivity index (χ0v) is 15.3. The van der Waals surface area contributed by atoms with Crippen molar-refractivity contribution in [2.24, 2.45) is 0 Å². The van der Waals surface area contributed by atoms with Gasteiger partial charge in [0.15, 0.2) is 17.7 Å². The lowest BCUT2D eigenvalue weighted by atomic mass is 10.1. The number of para-hydroxylation sites is 1. The Morgan fingerprint density at radius 2 is 1.88 bits per heavy atom. The Labute approximate surface area is 158 Å². The quantitative estimate of drug-likeness (QED) is 0.574. The van der Waals surface area contributed by atoms with Crippen molar-refractivity contribution in [3.8, 4) is 5.75 Å². The second kappa shape index (κ2) is 7.79. The molecule has 0 aliphatic carbocycles. The monoisotopic (exact) mass is 457 g/mol. The SMILES string of the molecule is C[C@H](Oc1c(C(=O)Nc2c(F)cccc2Cl)ccc(Br)c1F)C(F)(F)F. The number of hydrogen-bond acceptors (Lipinski definition) is 2. The van der Waals surface area contributed by atoms with Crippen LogP contribution in [0.1, 0.15) is 17.3 Å². The number of ether oxygens (including phenoxy) is 1. The highest BCUT2D eigenvalue weighted by Gasteiger charge is 2.39. The maximum Gasteiger partial charge on any atom is 0.425 e. The number of amides is 1. The topological polar surface area (TPSA) is 38.3 Å². The summed E-state index contributed by atoms with van der Waals surface area (Å²) in [4.78, 5) is 12.4. The summed E-state index contributed by atoms with van der Waals surface area (Å²) in [6.45, 7) is 0.662. The van der Waals surface area contributed by atoms with Gasteiger partial charge in [-0.1, -0.05) is 17.7 Å². The van der Waals surface area contributed by atoms with Crippen LogP contribution in [0, 0.1) is 11.6 Å². The predicted molar refractivity (Wildman–Crippen MR) is 89.6 cm³/mol. The van der Waals surface area contributed by atoms with Gasteiger partial charge in [0.1, 0.15) is 5.82 Å². The summed E-state index contributed by atoms with van der Waals surface area (Å²) in [5, 5.41) is 1.97. The van der Waals surface area contributed by atoms with Crippen LogP contribution in [-0.4, -0.2) is 18.2 Å². The lowest BCUT2D eigenvalue weighted by molar-refractivity contribution is -0.189. The van der Waals surface area contributed by atoms with Crippen LogP contribution in [0.15, 0.2) is 34.8 Å². The maximum absolute atomic E-state index is 14.2. The first-order chi connectivity index (χ1) is 12.0. The van der Waals surface area contributed by atoms with E-state index in [0.29, 0.717) is 6.92 Å². The second-order valence-electron chi connectivity index (χ2n) is 5.09. The molecular formula is C16H10BrClF5NO2. The van der Waals surface area contributed by atoms with Crippen molar-refractivity contribution >= 4 is 39.1 Å². The average Bonchev–Trinajstić information content (AvgIpc) is 2.54. The molecule has 2 aromatic carbocycles. The van der Waals surface area contributed by atoms with Crippen molar-refractivity contribution in [2.45, 2.75) is 19.2 Å². The summed E-state index contributed by atoms with van der Waals surface area (Å²) in [6, 6.07) is 5.76. The minimum absolute atomic E-state index is 0.137. The third-order valence-corrected chi connectivity index (χ3v) is 4.18. The van der Waals surface area contributed by atoms with E-state index in [0.717, 1.165) is 18.2 Å². The van der Waals surface area contributed by atoms with E-state index < -0.39 is 46.8 Å². The molecule has 0 unspecified atom stereocenters. The number of carbonyl (C=O) groups excluding carboxylic acids is 1. The molecule has 2 rings (SSSR count). The fourth-order valence-electron chi connectivity index (χ4n) is 1.87. The van der Waals surface area contributed by atoms with Gasteiger partial charge in [0, 0.05) is 0 Å². The van der Waals surface area contributed by atoms with E-state index in [-0.39, 0.29) is 9.50 Å². The van der Waals surface area contributed by atoms with Gasteiger partial charge in [-0.05, 0) is 47.1 Å². The highest BCUT2D eigenvalue weighted by Crippen LogP contribution is 2.34. The normalized spacial score (nSPS) is 12.6. The van der Waals surface area contributed by atoms with Crippen molar-refractivity contribution < 1.29 is 31.5 Å². The number of halogens is 7. The molecule has 1 N–H and O–H groups in total. The van der Waals surface area contributed by atoms with Gasteiger partial charge in [-0.25, -0.2) is 8.78 Å². The minimum Gasteiger partial charge on any atom is -0.477 e. The maximum atomic E-state index is 14.2. The van der Waals surface area contributed by atoms with Gasteiger partial charge >= 0.3 is 6.18 Å². The molecule has 0 heterocycles. The smallest absolute Gasteiger partial charge is 0.425 e. The van der Waals surface area contributed by atoms with E-state index in [1.54, 1.807) is 0 Å². The molecule has 1 amide bonds. The minimum atomic E-state index is -4.78. The number of benzene rings is 2. The Bertz CT molecular complexity index is 824. The van der Waals surface area contributed by atoms with Gasteiger partial charge < -0.3 is 10.1 Å². The van der Waals surface area contributed by atoms with E-state index in [4.69, 9.17) is 11.6 Å². The Balaban J connectivity index is 2.42. The van der Waals surface area contributed by atoms with Crippen molar-refractivity contribution in [3.63, 3.8) is 0 Å². The molecule has 0 aliphatic rings. The number of anilines is 1. The molecule has 0 radical (unpaired) electrons. The van der Waals surface area contributed by atoms with Gasteiger partial charge in [-0.3, -0.25) is 4.79 Å². The van der Waals surface area contributed by atoms with Gasteiger partial charge in [-0.2, -0.15) is 13.2 Å². The summed E-state index contributed by atoms with van der Waals surface area (Å²) in [5.74, 6) is -4.08. The first-order valence-corrected chi connectivity index (χ1v) is 8.16. The standard InChI is InChI=1S/C16H10BrClF5NO2/c1-7(16(21,22)23)26-14-8(5-6-9(17)12(14)20)15(25)24-13-10(18)3-2-4-11(13)19/h2-7H,1H3,(H,24,25)/t7-/m0/s1. The van der Waals surface area contributed by atoms with Crippen LogP contribution in [0.5, 0.6) is 5.75 Å². The molecule has 140 valence electrons. The molecule has 1 atom stereocenters. The lowest BCUT2D eigenvalue weighted by Crippen LogP contribution is -2.32. The van der Waals surface area contributed by atoms with Crippen LogP contribution < -0.4 is 10.1 Å². The zero-order chi connectivity index (χ0) is 19.6. The predicted octanol–water partition coefficient (Wildman–Crippen LogP) is 5.96. The van der Waals surface area contributed by atoms with Crippen LogP contribution in [0.4, 0.5) is 27.6 Å². The zero-order valence-electron chi connectivity index (χ0n) is 12.9. The number of carbonyl (C=O) groups is 1. The molecule has 0 fully saturated rings. The van der Waals surface area contributed by atoms with E-state index in [1.807, 2.05) is 0 Å². The number of rotatable bonds is 4. The Hall–Kier alpha value is -1.87. The second-order valence-corrected chi connectivity index (χ2v) is 6.35. The van der Waals surface area contributed by atoms with Crippen molar-refractivity contribution in [1.82, 2.24) is 0 Å². The van der Waals surface area contributed by atoms with Crippen LogP contribution >= 0.6 is 27.5 Å². The Morgan fingerprint density at radius 1 is 1.23 bits per heavy atom. The van der Waals surface area contributed by atoms with Gasteiger partial charge in [0.05, 0.1) is 20.7 Å². The summed E-state index contributed by atoms with van der Waals surface area (Å²) in [5.41, 5.74) is -0.946. The highest BCUT2D eigenvalue weighted by atomic mass is 79.9. The van der Waals surface area contributed by atoms with E-state index in [2.05, 4.69) is 26.0 Å². The Kier molecular flexibility index (Phi) is 6.13. The van der Waals surface area contributed by atoms with Gasteiger partial charge in [0.25, 0.3) is 5.91 Å². The Morgan fingerprint density at radius 3 is 2.46 bits per heavy atom. The average molecular weight is 459 g/mol. The molecule has 26 heavy (non-hydrogen) atoms. The number of hydrogen-bond donors (Lipinski definition) is 1. The molecule has 0 spiro atoms. The van der Waals surface area contributed by atoms with Crippen LogP contribution in [-0.2, 0) is 0 Å². The molecule has 10 heteroatoms. The molecule has 2 aromatic rings.